The first kappa shape index (κ1) is 11.0. The van der Waals surface area contributed by atoms with E-state index >= 15 is 0 Å². The van der Waals surface area contributed by atoms with Crippen LogP contribution in [0.3, 0.4) is 0 Å². The molecule has 0 aliphatic heterocycles. The third-order valence-electron chi connectivity index (χ3n) is 2.19. The van der Waals surface area contributed by atoms with Crippen molar-refractivity contribution in [1.82, 2.24) is 0 Å². The van der Waals surface area contributed by atoms with E-state index in [-0.39, 0.29) is 5.97 Å². The van der Waals surface area contributed by atoms with Gasteiger partial charge in [-0.2, -0.15) is 0 Å². The first-order chi connectivity index (χ1) is 6.83. The molecule has 0 spiro atoms. The van der Waals surface area contributed by atoms with Crippen molar-refractivity contribution in [3.05, 3.63) is 23.8 Å². The Morgan fingerprint density at radius 3 is 3.07 bits per heavy atom. The number of rotatable bonds is 6. The molecule has 2 heteroatoms. The Morgan fingerprint density at radius 2 is 2.43 bits per heavy atom. The predicted octanol–water partition coefficient (Wildman–Crippen LogP) is 3.00. The van der Waals surface area contributed by atoms with Gasteiger partial charge < -0.3 is 4.74 Å². The van der Waals surface area contributed by atoms with Gasteiger partial charge in [0, 0.05) is 6.42 Å². The summed E-state index contributed by atoms with van der Waals surface area (Å²) < 4.78 is 4.98. The fourth-order valence-corrected chi connectivity index (χ4v) is 1.42. The Kier molecular flexibility index (Phi) is 5.05. The highest BCUT2D eigenvalue weighted by molar-refractivity contribution is 5.69. The molecule has 78 valence electrons. The molecule has 0 aromatic heterocycles. The zero-order valence-corrected chi connectivity index (χ0v) is 8.79. The van der Waals surface area contributed by atoms with Gasteiger partial charge in [0.15, 0.2) is 0 Å². The molecule has 0 fully saturated rings. The fraction of sp³-hybridized carbons (Fsp3) is 0.583. The quantitative estimate of drug-likeness (QED) is 0.607. The second-order valence-corrected chi connectivity index (χ2v) is 3.53. The van der Waals surface area contributed by atoms with Crippen molar-refractivity contribution in [1.29, 1.82) is 0 Å². The number of carbonyl (C=O) groups excluding carboxylic acids is 1. The topological polar surface area (TPSA) is 26.3 Å². The third-order valence-corrected chi connectivity index (χ3v) is 2.19. The summed E-state index contributed by atoms with van der Waals surface area (Å²) in [6.07, 6.45) is 10.8. The van der Waals surface area contributed by atoms with E-state index < -0.39 is 0 Å². The van der Waals surface area contributed by atoms with Crippen LogP contribution < -0.4 is 0 Å². The maximum absolute atomic E-state index is 11.1. The van der Waals surface area contributed by atoms with Crippen molar-refractivity contribution >= 4 is 5.97 Å². The molecule has 2 nitrogen and oxygen atoms in total. The smallest absolute Gasteiger partial charge is 0.305 e. The lowest BCUT2D eigenvalue weighted by Gasteiger charge is -2.03. The fourth-order valence-electron chi connectivity index (χ4n) is 1.42. The Bertz CT molecular complexity index is 239. The van der Waals surface area contributed by atoms with Gasteiger partial charge in [0.05, 0.1) is 6.61 Å². The Hall–Kier alpha value is -1.05. The highest BCUT2D eigenvalue weighted by atomic mass is 16.5. The Labute approximate surface area is 85.6 Å². The predicted molar refractivity (Wildman–Crippen MR) is 56.9 cm³/mol. The molecular weight excluding hydrogens is 176 g/mol. The van der Waals surface area contributed by atoms with Crippen molar-refractivity contribution in [2.45, 2.75) is 39.0 Å². The van der Waals surface area contributed by atoms with E-state index in [2.05, 4.69) is 18.2 Å². The summed E-state index contributed by atoms with van der Waals surface area (Å²) >= 11 is 0. The van der Waals surface area contributed by atoms with Crippen LogP contribution in [0.4, 0.5) is 0 Å². The average molecular weight is 194 g/mol. The van der Waals surface area contributed by atoms with Gasteiger partial charge >= 0.3 is 5.97 Å². The molecule has 0 unspecified atom stereocenters. The van der Waals surface area contributed by atoms with Gasteiger partial charge in [-0.3, -0.25) is 4.79 Å². The molecule has 1 rings (SSSR count). The lowest BCUT2D eigenvalue weighted by molar-refractivity contribution is -0.143. The summed E-state index contributed by atoms with van der Waals surface area (Å²) in [5.41, 5.74) is 1.42. The maximum atomic E-state index is 11.1. The molecule has 0 heterocycles. The van der Waals surface area contributed by atoms with Crippen molar-refractivity contribution in [2.24, 2.45) is 0 Å². The molecule has 0 aromatic rings. The first-order valence-corrected chi connectivity index (χ1v) is 5.33. The van der Waals surface area contributed by atoms with E-state index in [0.29, 0.717) is 13.0 Å². The molecule has 0 N–H and O–H groups in total. The van der Waals surface area contributed by atoms with E-state index in [4.69, 9.17) is 4.74 Å². The highest BCUT2D eigenvalue weighted by Crippen LogP contribution is 2.17. The van der Waals surface area contributed by atoms with Crippen molar-refractivity contribution in [3.63, 3.8) is 0 Å². The van der Waals surface area contributed by atoms with E-state index in [1.54, 1.807) is 0 Å². The van der Waals surface area contributed by atoms with Crippen molar-refractivity contribution in [2.75, 3.05) is 6.61 Å². The van der Waals surface area contributed by atoms with Crippen LogP contribution >= 0.6 is 0 Å². The van der Waals surface area contributed by atoms with Crippen LogP contribution in [0.1, 0.15) is 39.0 Å². The summed E-state index contributed by atoms with van der Waals surface area (Å²) in [4.78, 5) is 11.1. The molecule has 1 aliphatic rings. The zero-order chi connectivity index (χ0) is 10.2. The van der Waals surface area contributed by atoms with Crippen LogP contribution in [0.25, 0.3) is 0 Å². The highest BCUT2D eigenvalue weighted by Gasteiger charge is 2.04. The van der Waals surface area contributed by atoms with E-state index in [1.807, 2.05) is 6.92 Å². The minimum absolute atomic E-state index is 0.0570. The van der Waals surface area contributed by atoms with Gasteiger partial charge in [-0.25, -0.2) is 0 Å². The van der Waals surface area contributed by atoms with E-state index in [9.17, 15) is 4.79 Å². The van der Waals surface area contributed by atoms with Crippen LogP contribution in [0.15, 0.2) is 23.8 Å². The minimum atomic E-state index is -0.0570. The van der Waals surface area contributed by atoms with Crippen LogP contribution in [0.5, 0.6) is 0 Å². The lowest BCUT2D eigenvalue weighted by Crippen LogP contribution is -2.04. The molecule has 14 heavy (non-hydrogen) atoms. The maximum Gasteiger partial charge on any atom is 0.305 e. The van der Waals surface area contributed by atoms with Gasteiger partial charge in [-0.15, -0.1) is 0 Å². The number of hydrogen-bond acceptors (Lipinski definition) is 2. The van der Waals surface area contributed by atoms with Gasteiger partial charge in [0.25, 0.3) is 0 Å². The number of esters is 1. The van der Waals surface area contributed by atoms with Crippen molar-refractivity contribution in [3.8, 4) is 0 Å². The molecule has 0 amide bonds. The first-order valence-electron chi connectivity index (χ1n) is 5.33. The van der Waals surface area contributed by atoms with Crippen LogP contribution in [0.2, 0.25) is 0 Å². The Morgan fingerprint density at radius 1 is 1.57 bits per heavy atom. The largest absolute Gasteiger partial charge is 0.466 e. The second kappa shape index (κ2) is 6.41. The summed E-state index contributed by atoms with van der Waals surface area (Å²) in [5.74, 6) is -0.0570. The standard InChI is InChI=1S/C12H18O2/c1-2-10-14-12(13)9-5-8-11-6-3-4-7-11/h3-4,6H,2,5,7-10H2,1H3. The molecule has 0 radical (unpaired) electrons. The van der Waals surface area contributed by atoms with Gasteiger partial charge in [-0.05, 0) is 25.7 Å². The molecule has 1 aliphatic carbocycles. The summed E-state index contributed by atoms with van der Waals surface area (Å²) in [7, 11) is 0. The minimum Gasteiger partial charge on any atom is -0.466 e. The average Bonchev–Trinajstić information content (AvgIpc) is 2.67. The number of hydrogen-bond donors (Lipinski definition) is 0. The number of allylic oxidation sites excluding steroid dienone is 4. The lowest BCUT2D eigenvalue weighted by atomic mass is 10.1. The van der Waals surface area contributed by atoms with Crippen LogP contribution in [0, 0.1) is 0 Å². The molecule has 0 aromatic carbocycles. The normalized spacial score (nSPS) is 14.2. The molecule has 0 saturated carbocycles. The van der Waals surface area contributed by atoms with E-state index in [0.717, 1.165) is 25.7 Å². The van der Waals surface area contributed by atoms with Crippen LogP contribution in [-0.4, -0.2) is 12.6 Å². The summed E-state index contributed by atoms with van der Waals surface area (Å²) in [6, 6.07) is 0. The molecule has 0 bridgehead atoms. The summed E-state index contributed by atoms with van der Waals surface area (Å²) in [6.45, 7) is 2.56. The molecular formula is C12H18O2. The third kappa shape index (κ3) is 4.26. The summed E-state index contributed by atoms with van der Waals surface area (Å²) in [5, 5.41) is 0. The monoisotopic (exact) mass is 194 g/mol. The molecule has 0 atom stereocenters. The van der Waals surface area contributed by atoms with Gasteiger partial charge in [-0.1, -0.05) is 30.7 Å². The van der Waals surface area contributed by atoms with Gasteiger partial charge in [0.1, 0.15) is 0 Å². The number of carbonyl (C=O) groups is 1. The second-order valence-electron chi connectivity index (χ2n) is 3.53. The SMILES string of the molecule is CCCOC(=O)CCCC1=CC=CC1. The van der Waals surface area contributed by atoms with E-state index in [1.165, 1.54) is 5.57 Å². The van der Waals surface area contributed by atoms with Gasteiger partial charge in [0.2, 0.25) is 0 Å². The number of ether oxygens (including phenoxy) is 1. The van der Waals surface area contributed by atoms with Crippen molar-refractivity contribution < 1.29 is 9.53 Å². The zero-order valence-electron chi connectivity index (χ0n) is 8.79. The van der Waals surface area contributed by atoms with Crippen LogP contribution in [-0.2, 0) is 9.53 Å². The Balaban J connectivity index is 2.00. The molecule has 0 saturated heterocycles.